The largest absolute Gasteiger partial charge is 0.478 e. The quantitative estimate of drug-likeness (QED) is 0.882. The molecule has 2 rings (SSSR count). The summed E-state index contributed by atoms with van der Waals surface area (Å²) < 4.78 is 30.1. The van der Waals surface area contributed by atoms with Crippen molar-refractivity contribution in [3.8, 4) is 5.75 Å². The number of hydrogen-bond acceptors (Lipinski definition) is 3. The number of carbonyl (C=O) groups is 2. The fraction of sp³-hybridized carbons (Fsp3) is 0.125. The third kappa shape index (κ3) is 4.50. The predicted octanol–water partition coefficient (Wildman–Crippen LogP) is 3.63. The maximum absolute atomic E-state index is 12.8. The van der Waals surface area contributed by atoms with Gasteiger partial charge in [-0.3, -0.25) is 4.79 Å². The molecule has 0 radical (unpaired) electrons. The van der Waals surface area contributed by atoms with Gasteiger partial charge < -0.3 is 15.2 Å². The van der Waals surface area contributed by atoms with Gasteiger partial charge in [-0.2, -0.15) is 8.78 Å². The van der Waals surface area contributed by atoms with Gasteiger partial charge in [-0.05, 0) is 24.3 Å². The number of benzene rings is 2. The monoisotopic (exact) mass is 321 g/mol. The number of nitrogens with one attached hydrogen (secondary N) is 1. The lowest BCUT2D eigenvalue weighted by atomic mass is 10.1. The van der Waals surface area contributed by atoms with Crippen molar-refractivity contribution in [2.75, 3.05) is 5.32 Å². The Morgan fingerprint density at radius 1 is 1.09 bits per heavy atom. The van der Waals surface area contributed by atoms with E-state index in [0.29, 0.717) is 6.92 Å². The fourth-order valence-electron chi connectivity index (χ4n) is 1.91. The smallest absolute Gasteiger partial charge is 0.394 e. The molecule has 1 amide bonds. The molecule has 0 aromatic heterocycles. The van der Waals surface area contributed by atoms with Gasteiger partial charge in [0.1, 0.15) is 5.75 Å². The molecule has 0 unspecified atom stereocenters. The van der Waals surface area contributed by atoms with Crippen molar-refractivity contribution in [2.24, 2.45) is 0 Å². The summed E-state index contributed by atoms with van der Waals surface area (Å²) in [7, 11) is 0. The minimum Gasteiger partial charge on any atom is -0.478 e. The van der Waals surface area contributed by atoms with E-state index in [2.05, 4.69) is 10.1 Å². The summed E-state index contributed by atoms with van der Waals surface area (Å²) in [4.78, 5) is 23.3. The fourth-order valence-corrected chi connectivity index (χ4v) is 1.91. The zero-order chi connectivity index (χ0) is 17.0. The topological polar surface area (TPSA) is 75.6 Å². The summed E-state index contributed by atoms with van der Waals surface area (Å²) in [5, 5.41) is 11.5. The van der Waals surface area contributed by atoms with Crippen molar-refractivity contribution in [1.29, 1.82) is 0 Å². The molecule has 2 aromatic rings. The van der Waals surface area contributed by atoms with E-state index >= 15 is 0 Å². The Bertz CT molecular complexity index is 741. The molecule has 0 aliphatic carbocycles. The number of aromatic carboxylic acids is 1. The molecule has 0 heterocycles. The number of hydrogen-bond donors (Lipinski definition) is 2. The van der Waals surface area contributed by atoms with Crippen LogP contribution in [0.15, 0.2) is 48.5 Å². The molecule has 0 bridgehead atoms. The van der Waals surface area contributed by atoms with Gasteiger partial charge in [0.05, 0.1) is 11.1 Å². The molecule has 0 saturated carbocycles. The summed E-state index contributed by atoms with van der Waals surface area (Å²) in [5.41, 5.74) is 0.0154. The molecule has 0 atom stereocenters. The van der Waals surface area contributed by atoms with Crippen molar-refractivity contribution in [3.63, 3.8) is 0 Å². The molecule has 2 aromatic carbocycles. The number of carbonyl (C=O) groups excluding carboxylic acids is 1. The molecule has 0 aliphatic heterocycles. The molecule has 0 fully saturated rings. The first-order chi connectivity index (χ1) is 10.8. The van der Waals surface area contributed by atoms with E-state index in [1.54, 1.807) is 0 Å². The minimum atomic E-state index is -3.35. The highest BCUT2D eigenvalue weighted by molar-refractivity contribution is 6.10. The lowest BCUT2D eigenvalue weighted by Crippen LogP contribution is -2.19. The summed E-state index contributed by atoms with van der Waals surface area (Å²) in [6.07, 6.45) is -3.35. The standard InChI is InChI=1S/C16H13F2NO4/c1-16(17,18)23-11-6-4-5-10(9-11)19-14(20)12-7-2-3-8-13(12)15(21)22/h2-9H,1H3,(H,19,20)(H,21,22). The summed E-state index contributed by atoms with van der Waals surface area (Å²) in [6, 6.07) is 11.1. The Labute approximate surface area is 130 Å². The van der Waals surface area contributed by atoms with Crippen LogP contribution in [0.4, 0.5) is 14.5 Å². The minimum absolute atomic E-state index is 0.0351. The zero-order valence-electron chi connectivity index (χ0n) is 12.0. The van der Waals surface area contributed by atoms with Crippen LogP contribution < -0.4 is 10.1 Å². The van der Waals surface area contributed by atoms with E-state index in [0.717, 1.165) is 0 Å². The second-order valence-corrected chi connectivity index (χ2v) is 4.74. The van der Waals surface area contributed by atoms with Gasteiger partial charge >= 0.3 is 12.1 Å². The zero-order valence-corrected chi connectivity index (χ0v) is 12.0. The lowest BCUT2D eigenvalue weighted by Gasteiger charge is -2.14. The number of alkyl halides is 2. The molecule has 23 heavy (non-hydrogen) atoms. The van der Waals surface area contributed by atoms with Crippen molar-refractivity contribution in [2.45, 2.75) is 13.0 Å². The Morgan fingerprint density at radius 3 is 2.35 bits per heavy atom. The van der Waals surface area contributed by atoms with E-state index in [9.17, 15) is 18.4 Å². The van der Waals surface area contributed by atoms with Gasteiger partial charge in [0.15, 0.2) is 0 Å². The SMILES string of the molecule is CC(F)(F)Oc1cccc(NC(=O)c2ccccc2C(=O)O)c1. The van der Waals surface area contributed by atoms with E-state index in [1.165, 1.54) is 48.5 Å². The van der Waals surface area contributed by atoms with Crippen LogP contribution in [0, 0.1) is 0 Å². The van der Waals surface area contributed by atoms with Crippen LogP contribution in [0.3, 0.4) is 0 Å². The van der Waals surface area contributed by atoms with Crippen LogP contribution in [0.1, 0.15) is 27.6 Å². The average molecular weight is 321 g/mol. The van der Waals surface area contributed by atoms with Crippen LogP contribution in [0.2, 0.25) is 0 Å². The van der Waals surface area contributed by atoms with Crippen LogP contribution in [-0.2, 0) is 0 Å². The van der Waals surface area contributed by atoms with Crippen LogP contribution in [-0.4, -0.2) is 23.1 Å². The first-order valence-electron chi connectivity index (χ1n) is 6.57. The number of carboxylic acid groups (broad SMARTS) is 1. The molecule has 7 heteroatoms. The molecule has 5 nitrogen and oxygen atoms in total. The number of rotatable bonds is 5. The number of halogens is 2. The van der Waals surface area contributed by atoms with Crippen molar-refractivity contribution >= 4 is 17.6 Å². The molecule has 0 aliphatic rings. The van der Waals surface area contributed by atoms with Gasteiger partial charge in [0.2, 0.25) is 0 Å². The van der Waals surface area contributed by atoms with Crippen molar-refractivity contribution in [1.82, 2.24) is 0 Å². The summed E-state index contributed by atoms with van der Waals surface area (Å²) in [5.74, 6) is -2.02. The highest BCUT2D eigenvalue weighted by Gasteiger charge is 2.23. The molecule has 0 saturated heterocycles. The van der Waals surface area contributed by atoms with Gasteiger partial charge in [-0.25, -0.2) is 4.79 Å². The number of amides is 1. The normalized spacial score (nSPS) is 10.9. The van der Waals surface area contributed by atoms with Gasteiger partial charge in [0, 0.05) is 18.7 Å². The summed E-state index contributed by atoms with van der Waals surface area (Å²) in [6.45, 7) is 0.599. The maximum atomic E-state index is 12.8. The third-order valence-electron chi connectivity index (χ3n) is 2.79. The van der Waals surface area contributed by atoms with E-state index in [1.807, 2.05) is 0 Å². The van der Waals surface area contributed by atoms with Crippen LogP contribution >= 0.6 is 0 Å². The Balaban J connectivity index is 2.21. The molecular formula is C16H13F2NO4. The molecular weight excluding hydrogens is 308 g/mol. The van der Waals surface area contributed by atoms with E-state index in [-0.39, 0.29) is 22.6 Å². The van der Waals surface area contributed by atoms with Gasteiger partial charge in [-0.1, -0.05) is 18.2 Å². The Hall–Kier alpha value is -2.96. The lowest BCUT2D eigenvalue weighted by molar-refractivity contribution is -0.158. The maximum Gasteiger partial charge on any atom is 0.394 e. The highest BCUT2D eigenvalue weighted by Crippen LogP contribution is 2.24. The van der Waals surface area contributed by atoms with Crippen molar-refractivity contribution < 1.29 is 28.2 Å². The number of carboxylic acids is 1. The summed E-state index contributed by atoms with van der Waals surface area (Å²) >= 11 is 0. The third-order valence-corrected chi connectivity index (χ3v) is 2.79. The average Bonchev–Trinajstić information content (AvgIpc) is 2.45. The van der Waals surface area contributed by atoms with Gasteiger partial charge in [0.25, 0.3) is 5.91 Å². The van der Waals surface area contributed by atoms with E-state index < -0.39 is 18.0 Å². The van der Waals surface area contributed by atoms with Crippen LogP contribution in [0.5, 0.6) is 5.75 Å². The number of ether oxygens (including phenoxy) is 1. The van der Waals surface area contributed by atoms with Crippen molar-refractivity contribution in [3.05, 3.63) is 59.7 Å². The predicted molar refractivity (Wildman–Crippen MR) is 79.0 cm³/mol. The number of anilines is 1. The Morgan fingerprint density at radius 2 is 1.74 bits per heavy atom. The Kier molecular flexibility index (Phi) is 4.59. The van der Waals surface area contributed by atoms with Crippen LogP contribution in [0.25, 0.3) is 0 Å². The first-order valence-corrected chi connectivity index (χ1v) is 6.57. The second kappa shape index (κ2) is 6.43. The first kappa shape index (κ1) is 16.4. The van der Waals surface area contributed by atoms with E-state index in [4.69, 9.17) is 5.11 Å². The molecule has 0 spiro atoms. The molecule has 120 valence electrons. The molecule has 2 N–H and O–H groups in total. The highest BCUT2D eigenvalue weighted by atomic mass is 19.3. The van der Waals surface area contributed by atoms with Gasteiger partial charge in [-0.15, -0.1) is 0 Å². The second-order valence-electron chi connectivity index (χ2n) is 4.74.